The highest BCUT2D eigenvalue weighted by molar-refractivity contribution is 7.99. The van der Waals surface area contributed by atoms with Gasteiger partial charge in [-0.3, -0.25) is 0 Å². The van der Waals surface area contributed by atoms with Gasteiger partial charge in [-0.05, 0) is 30.5 Å². The predicted octanol–water partition coefficient (Wildman–Crippen LogP) is 2.46. The normalized spacial score (nSPS) is 19.5. The highest BCUT2D eigenvalue weighted by Crippen LogP contribution is 2.31. The molecule has 1 saturated carbocycles. The van der Waals surface area contributed by atoms with Crippen LogP contribution in [0.2, 0.25) is 0 Å². The van der Waals surface area contributed by atoms with Gasteiger partial charge in [-0.25, -0.2) is 0 Å². The number of hydrogen-bond donors (Lipinski definition) is 2. The van der Waals surface area contributed by atoms with Gasteiger partial charge in [0.25, 0.3) is 0 Å². The van der Waals surface area contributed by atoms with Crippen molar-refractivity contribution < 1.29 is 0 Å². The quantitative estimate of drug-likeness (QED) is 0.818. The van der Waals surface area contributed by atoms with E-state index in [0.29, 0.717) is 0 Å². The molecule has 0 aromatic heterocycles. The lowest BCUT2D eigenvalue weighted by Crippen LogP contribution is -2.16. The molecular formula is C12H16N2S. The van der Waals surface area contributed by atoms with Crippen LogP contribution in [0.4, 0.5) is 5.69 Å². The molecule has 0 spiro atoms. The van der Waals surface area contributed by atoms with Crippen molar-refractivity contribution in [1.82, 2.24) is 5.32 Å². The summed E-state index contributed by atoms with van der Waals surface area (Å²) in [4.78, 5) is 1.41. The van der Waals surface area contributed by atoms with E-state index in [1.807, 2.05) is 11.8 Å². The second-order valence-electron chi connectivity index (χ2n) is 4.26. The molecular weight excluding hydrogens is 204 g/mol. The zero-order chi connectivity index (χ0) is 10.1. The summed E-state index contributed by atoms with van der Waals surface area (Å²) in [6.07, 6.45) is 2.72. The SMILES string of the molecule is c1cc2c(cc1CNC1CC1)SCCN2. The minimum Gasteiger partial charge on any atom is -0.383 e. The third-order valence-corrected chi connectivity index (χ3v) is 3.95. The summed E-state index contributed by atoms with van der Waals surface area (Å²) in [5, 5.41) is 6.98. The van der Waals surface area contributed by atoms with Crippen LogP contribution in [0.5, 0.6) is 0 Å². The fraction of sp³-hybridized carbons (Fsp3) is 0.500. The molecule has 1 aliphatic heterocycles. The fourth-order valence-electron chi connectivity index (χ4n) is 1.84. The van der Waals surface area contributed by atoms with E-state index in [2.05, 4.69) is 28.8 Å². The first kappa shape index (κ1) is 9.55. The number of thioether (sulfide) groups is 1. The summed E-state index contributed by atoms with van der Waals surface area (Å²) < 4.78 is 0. The number of anilines is 1. The minimum atomic E-state index is 0.798. The highest BCUT2D eigenvalue weighted by atomic mass is 32.2. The lowest BCUT2D eigenvalue weighted by Gasteiger charge is -2.18. The van der Waals surface area contributed by atoms with Crippen LogP contribution in [0.25, 0.3) is 0 Å². The molecule has 0 saturated heterocycles. The third-order valence-electron chi connectivity index (χ3n) is 2.89. The number of fused-ring (bicyclic) bond motifs is 1. The molecule has 1 aliphatic carbocycles. The van der Waals surface area contributed by atoms with E-state index < -0.39 is 0 Å². The summed E-state index contributed by atoms with van der Waals surface area (Å²) in [6.45, 7) is 2.12. The highest BCUT2D eigenvalue weighted by Gasteiger charge is 2.20. The largest absolute Gasteiger partial charge is 0.383 e. The van der Waals surface area contributed by atoms with Crippen molar-refractivity contribution in [2.24, 2.45) is 0 Å². The number of hydrogen-bond acceptors (Lipinski definition) is 3. The maximum absolute atomic E-state index is 3.55. The number of benzene rings is 1. The molecule has 1 heterocycles. The Labute approximate surface area is 94.8 Å². The van der Waals surface area contributed by atoms with Gasteiger partial charge in [0.2, 0.25) is 0 Å². The Morgan fingerprint density at radius 2 is 2.33 bits per heavy atom. The number of nitrogens with one attached hydrogen (secondary N) is 2. The molecule has 1 aromatic carbocycles. The molecule has 2 nitrogen and oxygen atoms in total. The van der Waals surface area contributed by atoms with E-state index in [-0.39, 0.29) is 0 Å². The number of rotatable bonds is 3. The third kappa shape index (κ3) is 2.29. The van der Waals surface area contributed by atoms with E-state index in [1.54, 1.807) is 0 Å². The minimum absolute atomic E-state index is 0.798. The Hall–Kier alpha value is -0.670. The molecule has 80 valence electrons. The second-order valence-corrected chi connectivity index (χ2v) is 5.40. The molecule has 0 unspecified atom stereocenters. The van der Waals surface area contributed by atoms with Gasteiger partial charge in [0, 0.05) is 35.5 Å². The molecule has 3 rings (SSSR count). The molecule has 3 heteroatoms. The molecule has 0 atom stereocenters. The van der Waals surface area contributed by atoms with Gasteiger partial charge in [-0.2, -0.15) is 0 Å². The standard InChI is InChI=1S/C12H16N2S/c1-4-11-12(15-6-5-13-11)7-9(1)8-14-10-2-3-10/h1,4,7,10,13-14H,2-3,5-6,8H2. The molecule has 1 fully saturated rings. The van der Waals surface area contributed by atoms with Crippen molar-refractivity contribution in [1.29, 1.82) is 0 Å². The lowest BCUT2D eigenvalue weighted by molar-refractivity contribution is 0.687. The van der Waals surface area contributed by atoms with Gasteiger partial charge in [0.1, 0.15) is 0 Å². The zero-order valence-electron chi connectivity index (χ0n) is 8.75. The molecule has 0 radical (unpaired) electrons. The first-order valence-electron chi connectivity index (χ1n) is 5.65. The van der Waals surface area contributed by atoms with Crippen molar-refractivity contribution in [2.75, 3.05) is 17.6 Å². The van der Waals surface area contributed by atoms with Crippen LogP contribution in [0.15, 0.2) is 23.1 Å². The Balaban J connectivity index is 1.71. The first-order chi connectivity index (χ1) is 7.42. The van der Waals surface area contributed by atoms with Crippen molar-refractivity contribution in [2.45, 2.75) is 30.3 Å². The van der Waals surface area contributed by atoms with Crippen molar-refractivity contribution in [3.63, 3.8) is 0 Å². The summed E-state index contributed by atoms with van der Waals surface area (Å²) in [6, 6.07) is 7.56. The zero-order valence-corrected chi connectivity index (χ0v) is 9.57. The van der Waals surface area contributed by atoms with Crippen LogP contribution in [0, 0.1) is 0 Å². The van der Waals surface area contributed by atoms with Crippen LogP contribution in [-0.4, -0.2) is 18.3 Å². The first-order valence-corrected chi connectivity index (χ1v) is 6.63. The van der Waals surface area contributed by atoms with Crippen molar-refractivity contribution in [3.05, 3.63) is 23.8 Å². The average Bonchev–Trinajstić information content (AvgIpc) is 3.10. The second kappa shape index (κ2) is 4.06. The Bertz CT molecular complexity index is 361. The molecule has 2 aliphatic rings. The predicted molar refractivity (Wildman–Crippen MR) is 65.5 cm³/mol. The van der Waals surface area contributed by atoms with Crippen molar-refractivity contribution in [3.8, 4) is 0 Å². The topological polar surface area (TPSA) is 24.1 Å². The maximum Gasteiger partial charge on any atom is 0.0478 e. The van der Waals surface area contributed by atoms with Gasteiger partial charge in [-0.15, -0.1) is 11.8 Å². The Kier molecular flexibility index (Phi) is 2.59. The smallest absolute Gasteiger partial charge is 0.0478 e. The van der Waals surface area contributed by atoms with E-state index in [1.165, 1.54) is 34.7 Å². The van der Waals surface area contributed by atoms with E-state index in [4.69, 9.17) is 0 Å². The Morgan fingerprint density at radius 1 is 1.40 bits per heavy atom. The summed E-state index contributed by atoms with van der Waals surface area (Å²) in [7, 11) is 0. The van der Waals surface area contributed by atoms with Crippen LogP contribution >= 0.6 is 11.8 Å². The Morgan fingerprint density at radius 3 is 3.20 bits per heavy atom. The van der Waals surface area contributed by atoms with E-state index in [9.17, 15) is 0 Å². The average molecular weight is 220 g/mol. The van der Waals surface area contributed by atoms with E-state index >= 15 is 0 Å². The van der Waals surface area contributed by atoms with E-state index in [0.717, 1.165) is 19.1 Å². The molecule has 2 N–H and O–H groups in total. The van der Waals surface area contributed by atoms with Crippen LogP contribution < -0.4 is 10.6 Å². The van der Waals surface area contributed by atoms with Gasteiger partial charge in [-0.1, -0.05) is 6.07 Å². The van der Waals surface area contributed by atoms with Gasteiger partial charge in [0.05, 0.1) is 0 Å². The molecule has 15 heavy (non-hydrogen) atoms. The molecule has 0 bridgehead atoms. The fourth-order valence-corrected chi connectivity index (χ4v) is 2.79. The summed E-state index contributed by atoms with van der Waals surface area (Å²) >= 11 is 1.96. The van der Waals surface area contributed by atoms with Crippen LogP contribution in [-0.2, 0) is 6.54 Å². The lowest BCUT2D eigenvalue weighted by atomic mass is 10.2. The van der Waals surface area contributed by atoms with Gasteiger partial charge in [0.15, 0.2) is 0 Å². The monoisotopic (exact) mass is 220 g/mol. The molecule has 1 aromatic rings. The van der Waals surface area contributed by atoms with Crippen LogP contribution in [0.3, 0.4) is 0 Å². The van der Waals surface area contributed by atoms with Gasteiger partial charge < -0.3 is 10.6 Å². The van der Waals surface area contributed by atoms with Crippen molar-refractivity contribution >= 4 is 17.4 Å². The summed E-state index contributed by atoms with van der Waals surface area (Å²) in [5.41, 5.74) is 2.72. The van der Waals surface area contributed by atoms with Crippen LogP contribution in [0.1, 0.15) is 18.4 Å². The van der Waals surface area contributed by atoms with Gasteiger partial charge >= 0.3 is 0 Å². The summed E-state index contributed by atoms with van der Waals surface area (Å²) in [5.74, 6) is 1.19. The molecule has 0 amide bonds. The maximum atomic E-state index is 3.55.